The first-order valence-electron chi connectivity index (χ1n) is 24.3. The van der Waals surface area contributed by atoms with E-state index >= 15 is 0 Å². The van der Waals surface area contributed by atoms with Crippen molar-refractivity contribution in [2.75, 3.05) is 6.61 Å². The molecular formula is C54H94O7. The third kappa shape index (κ3) is 34.6. The third-order valence-electron chi connectivity index (χ3n) is 11.1. The third-order valence-corrected chi connectivity index (χ3v) is 11.1. The maximum Gasteiger partial charge on any atom is 0.308 e. The predicted molar refractivity (Wildman–Crippen MR) is 259 cm³/mol. The number of allylic oxidation sites excluding steroid dienone is 14. The van der Waals surface area contributed by atoms with Crippen LogP contribution in [0, 0.1) is 0 Å². The molecule has 0 spiro atoms. The molecule has 1 unspecified atom stereocenters. The zero-order chi connectivity index (χ0) is 45.7. The van der Waals surface area contributed by atoms with Gasteiger partial charge in [-0.3, -0.25) is 4.79 Å². The molecule has 0 radical (unpaired) electrons. The first kappa shape index (κ1) is 58.5. The minimum absolute atomic E-state index is 0.202. The van der Waals surface area contributed by atoms with E-state index in [-0.39, 0.29) is 6.42 Å². The van der Waals surface area contributed by atoms with Crippen LogP contribution in [-0.4, -0.2) is 63.7 Å². The van der Waals surface area contributed by atoms with Crippen molar-refractivity contribution in [3.8, 4) is 0 Å². The van der Waals surface area contributed by atoms with Gasteiger partial charge in [0.05, 0.1) is 6.61 Å². The van der Waals surface area contributed by atoms with Gasteiger partial charge in [-0.2, -0.15) is 0 Å². The van der Waals surface area contributed by atoms with E-state index in [1.54, 1.807) is 0 Å². The van der Waals surface area contributed by atoms with Gasteiger partial charge in [0, 0.05) is 6.42 Å². The molecular weight excluding hydrogens is 761 g/mol. The lowest BCUT2D eigenvalue weighted by Crippen LogP contribution is -2.59. The SMILES string of the molecule is CC(C)=CCC/C(C)=C/CC/C(C)=C/CC/C=C(\C)CC/C=C(\C)CCC=C(C)C.CCCCCCCC/C=C\CCCCCCCC(=O)OC1O[C@H](CO)[C@@H](O)[C@H](O)[C@@H]1O. The van der Waals surface area contributed by atoms with Crippen LogP contribution in [0.15, 0.2) is 82.0 Å². The van der Waals surface area contributed by atoms with E-state index < -0.39 is 43.3 Å². The summed E-state index contributed by atoms with van der Waals surface area (Å²) in [6, 6.07) is 0. The van der Waals surface area contributed by atoms with Crippen LogP contribution in [0.5, 0.6) is 0 Å². The number of ether oxygens (including phenoxy) is 2. The predicted octanol–water partition coefficient (Wildman–Crippen LogP) is 14.0. The highest BCUT2D eigenvalue weighted by atomic mass is 16.7. The molecule has 5 atom stereocenters. The molecule has 1 heterocycles. The number of carbonyl (C=O) groups excluding carboxylic acids is 1. The number of hydrogen-bond donors (Lipinski definition) is 4. The Bertz CT molecular complexity index is 1260. The lowest BCUT2D eigenvalue weighted by molar-refractivity contribution is -0.292. The van der Waals surface area contributed by atoms with Gasteiger partial charge in [0.1, 0.15) is 24.4 Å². The van der Waals surface area contributed by atoms with E-state index in [9.17, 15) is 20.1 Å². The first-order chi connectivity index (χ1) is 29.2. The normalized spacial score (nSPS) is 20.0. The summed E-state index contributed by atoms with van der Waals surface area (Å²) >= 11 is 0. The Morgan fingerprint density at radius 2 is 0.869 bits per heavy atom. The van der Waals surface area contributed by atoms with E-state index in [0.29, 0.717) is 6.42 Å². The molecule has 0 amide bonds. The van der Waals surface area contributed by atoms with Crippen molar-refractivity contribution in [1.29, 1.82) is 0 Å². The second-order valence-electron chi connectivity index (χ2n) is 18.0. The van der Waals surface area contributed by atoms with Crippen LogP contribution in [0.25, 0.3) is 0 Å². The molecule has 0 aromatic carbocycles. The Balaban J connectivity index is 0.00000118. The van der Waals surface area contributed by atoms with Gasteiger partial charge in [0.25, 0.3) is 0 Å². The quantitative estimate of drug-likeness (QED) is 0.0302. The summed E-state index contributed by atoms with van der Waals surface area (Å²) in [7, 11) is 0. The van der Waals surface area contributed by atoms with Crippen LogP contribution in [0.4, 0.5) is 0 Å². The summed E-state index contributed by atoms with van der Waals surface area (Å²) in [6.07, 6.45) is 39.2. The molecule has 7 heteroatoms. The van der Waals surface area contributed by atoms with Gasteiger partial charge >= 0.3 is 5.97 Å². The van der Waals surface area contributed by atoms with Crippen molar-refractivity contribution in [2.45, 2.75) is 247 Å². The zero-order valence-electron chi connectivity index (χ0n) is 40.7. The molecule has 7 nitrogen and oxygen atoms in total. The van der Waals surface area contributed by atoms with Gasteiger partial charge in [0.15, 0.2) is 0 Å². The Morgan fingerprint density at radius 1 is 0.475 bits per heavy atom. The van der Waals surface area contributed by atoms with Crippen LogP contribution < -0.4 is 0 Å². The highest BCUT2D eigenvalue weighted by molar-refractivity contribution is 5.69. The highest BCUT2D eigenvalue weighted by Crippen LogP contribution is 2.23. The fourth-order valence-electron chi connectivity index (χ4n) is 7.03. The largest absolute Gasteiger partial charge is 0.433 e. The Kier molecular flexibility index (Phi) is 37.4. The maximum absolute atomic E-state index is 11.9. The van der Waals surface area contributed by atoms with E-state index in [0.717, 1.165) is 32.1 Å². The van der Waals surface area contributed by atoms with E-state index in [1.807, 2.05) is 0 Å². The maximum atomic E-state index is 11.9. The number of esters is 1. The average molecular weight is 855 g/mol. The van der Waals surface area contributed by atoms with Gasteiger partial charge < -0.3 is 29.9 Å². The molecule has 4 N–H and O–H groups in total. The monoisotopic (exact) mass is 855 g/mol. The van der Waals surface area contributed by atoms with Crippen LogP contribution in [0.3, 0.4) is 0 Å². The summed E-state index contributed by atoms with van der Waals surface area (Å²) in [5.41, 5.74) is 8.97. The number of aliphatic hydroxyl groups is 4. The average Bonchev–Trinajstić information content (AvgIpc) is 3.21. The molecule has 1 saturated heterocycles. The molecule has 1 fully saturated rings. The number of hydrogen-bond acceptors (Lipinski definition) is 7. The van der Waals surface area contributed by atoms with E-state index in [2.05, 4.69) is 111 Å². The number of aliphatic hydroxyl groups excluding tert-OH is 4. The zero-order valence-corrected chi connectivity index (χ0v) is 40.7. The molecule has 1 aliphatic rings. The van der Waals surface area contributed by atoms with Gasteiger partial charge in [-0.05, 0) is 152 Å². The topological polar surface area (TPSA) is 116 Å². The fourth-order valence-corrected chi connectivity index (χ4v) is 7.03. The smallest absolute Gasteiger partial charge is 0.308 e. The molecule has 0 aliphatic carbocycles. The van der Waals surface area contributed by atoms with Crippen molar-refractivity contribution in [3.05, 3.63) is 82.0 Å². The highest BCUT2D eigenvalue weighted by Gasteiger charge is 2.45. The minimum Gasteiger partial charge on any atom is -0.433 e. The van der Waals surface area contributed by atoms with Crippen LogP contribution in [-0.2, 0) is 14.3 Å². The Morgan fingerprint density at radius 3 is 1.30 bits per heavy atom. The van der Waals surface area contributed by atoms with Gasteiger partial charge in [0.2, 0.25) is 6.29 Å². The lowest BCUT2D eigenvalue weighted by atomic mass is 9.99. The standard InChI is InChI=1S/C30H50.C24H44O7/c1-25(2)15-11-19-29(7)23-13-21-27(5)17-9-10-18-28(6)22-14-24-30(8)20-12-16-26(3)4;1-2-3-4-5-6-7-8-9-10-11-12-13-14-15-16-17-20(26)31-24-23(29)22(28)21(27)19(18-25)30-24/h15-18,23-24H,9-14,19-22H2,1-8H3;9-10,19,21-25,27-29H,2-8,11-18H2,1H3/b27-17+,28-18+,29-23+,30-24+;10-9-/t;19-,21-,22+,23+,24?/m.1/s1. The molecule has 0 aromatic rings. The summed E-state index contributed by atoms with van der Waals surface area (Å²) in [5, 5.41) is 38.5. The molecule has 1 rings (SSSR count). The fraction of sp³-hybridized carbons (Fsp3) is 0.722. The van der Waals surface area contributed by atoms with Crippen molar-refractivity contribution in [1.82, 2.24) is 0 Å². The number of unbranched alkanes of at least 4 members (excludes halogenated alkanes) is 12. The van der Waals surface area contributed by atoms with Crippen molar-refractivity contribution in [3.63, 3.8) is 0 Å². The molecule has 0 aromatic heterocycles. The van der Waals surface area contributed by atoms with Gasteiger partial charge in [-0.25, -0.2) is 0 Å². The summed E-state index contributed by atoms with van der Waals surface area (Å²) in [5.74, 6) is -0.526. The molecule has 352 valence electrons. The summed E-state index contributed by atoms with van der Waals surface area (Å²) < 4.78 is 10.2. The first-order valence-corrected chi connectivity index (χ1v) is 24.3. The molecule has 61 heavy (non-hydrogen) atoms. The van der Waals surface area contributed by atoms with Gasteiger partial charge in [-0.15, -0.1) is 0 Å². The molecule has 1 aliphatic heterocycles. The molecule has 0 bridgehead atoms. The van der Waals surface area contributed by atoms with Crippen LogP contribution in [0.2, 0.25) is 0 Å². The lowest BCUT2D eigenvalue weighted by Gasteiger charge is -2.39. The minimum atomic E-state index is -1.55. The number of rotatable bonds is 32. The van der Waals surface area contributed by atoms with Crippen LogP contribution >= 0.6 is 0 Å². The number of carbonyl (C=O) groups is 1. The second kappa shape index (κ2) is 39.1. The van der Waals surface area contributed by atoms with Crippen LogP contribution in [0.1, 0.15) is 216 Å². The molecule has 0 saturated carbocycles. The van der Waals surface area contributed by atoms with Crippen molar-refractivity contribution >= 4 is 5.97 Å². The summed E-state index contributed by atoms with van der Waals surface area (Å²) in [4.78, 5) is 11.9. The Labute approximate surface area is 375 Å². The summed E-state index contributed by atoms with van der Waals surface area (Å²) in [6.45, 7) is 19.5. The van der Waals surface area contributed by atoms with Crippen molar-refractivity contribution < 1.29 is 34.7 Å². The second-order valence-corrected chi connectivity index (χ2v) is 18.0. The van der Waals surface area contributed by atoms with Gasteiger partial charge in [-0.1, -0.05) is 140 Å². The van der Waals surface area contributed by atoms with Crippen molar-refractivity contribution in [2.24, 2.45) is 0 Å². The van der Waals surface area contributed by atoms with E-state index in [4.69, 9.17) is 14.6 Å². The van der Waals surface area contributed by atoms with E-state index in [1.165, 1.54) is 143 Å². The Hall–Kier alpha value is -2.55.